The number of rotatable bonds is 9. The third kappa shape index (κ3) is 6.19. The van der Waals surface area contributed by atoms with Crippen molar-refractivity contribution in [2.45, 2.75) is 106 Å². The zero-order chi connectivity index (χ0) is 25.4. The van der Waals surface area contributed by atoms with Crippen LogP contribution in [-0.4, -0.2) is 25.2 Å². The number of ether oxygens (including phenoxy) is 1. The fourth-order valence-corrected chi connectivity index (χ4v) is 7.51. The van der Waals surface area contributed by atoms with E-state index < -0.39 is 10.1 Å². The fourth-order valence-electron chi connectivity index (χ4n) is 6.52. The lowest BCUT2D eigenvalue weighted by Gasteiger charge is -2.49. The van der Waals surface area contributed by atoms with Gasteiger partial charge in [0.15, 0.2) is 0 Å². The summed E-state index contributed by atoms with van der Waals surface area (Å²) < 4.78 is 41.6. The average Bonchev–Trinajstić information content (AvgIpc) is 2.53. The minimum atomic E-state index is -4.62. The van der Waals surface area contributed by atoms with Gasteiger partial charge in [0.05, 0.1) is 7.11 Å². The standard InChI is InChI=1S/C26H46O5S/c1-13-18-20(27)17(4)19(22(21(18)31-12)32(28,29)30)23(25(8,9)14-16(2)3)26(10,11)15-24(5,6)7/h16,23,27H,13-15H2,1-12H3,(H,28,29,30). The molecule has 0 saturated heterocycles. The Morgan fingerprint density at radius 1 is 1.00 bits per heavy atom. The summed E-state index contributed by atoms with van der Waals surface area (Å²) in [4.78, 5) is -0.198. The van der Waals surface area contributed by atoms with Gasteiger partial charge in [0, 0.05) is 5.56 Å². The minimum absolute atomic E-state index is 0.00267. The van der Waals surface area contributed by atoms with Crippen molar-refractivity contribution in [1.82, 2.24) is 0 Å². The molecule has 0 saturated carbocycles. The van der Waals surface area contributed by atoms with E-state index in [1.807, 2.05) is 6.92 Å². The van der Waals surface area contributed by atoms with Crippen LogP contribution in [0, 0.1) is 29.1 Å². The van der Waals surface area contributed by atoms with Gasteiger partial charge in [-0.05, 0) is 65.4 Å². The summed E-state index contributed by atoms with van der Waals surface area (Å²) in [5.74, 6) is 0.214. The van der Waals surface area contributed by atoms with E-state index in [1.165, 1.54) is 7.11 Å². The van der Waals surface area contributed by atoms with Crippen molar-refractivity contribution >= 4 is 10.1 Å². The zero-order valence-corrected chi connectivity index (χ0v) is 23.1. The van der Waals surface area contributed by atoms with Crippen molar-refractivity contribution in [3.8, 4) is 11.5 Å². The number of methoxy groups -OCH3 is 1. The highest BCUT2D eigenvalue weighted by Gasteiger charge is 2.47. The second-order valence-corrected chi connectivity index (χ2v) is 13.7. The molecule has 1 aromatic rings. The van der Waals surface area contributed by atoms with Crippen LogP contribution in [0.15, 0.2) is 4.90 Å². The lowest BCUT2D eigenvalue weighted by Crippen LogP contribution is -2.39. The lowest BCUT2D eigenvalue weighted by atomic mass is 9.56. The van der Waals surface area contributed by atoms with Crippen LogP contribution in [0.1, 0.15) is 105 Å². The number of benzene rings is 1. The Morgan fingerprint density at radius 3 is 1.84 bits per heavy atom. The van der Waals surface area contributed by atoms with Gasteiger partial charge in [-0.3, -0.25) is 4.55 Å². The van der Waals surface area contributed by atoms with Crippen LogP contribution in [0.2, 0.25) is 0 Å². The number of hydrogen-bond acceptors (Lipinski definition) is 4. The molecule has 0 bridgehead atoms. The normalized spacial score (nSPS) is 14.7. The first-order valence-electron chi connectivity index (χ1n) is 11.6. The molecule has 0 aliphatic carbocycles. The summed E-state index contributed by atoms with van der Waals surface area (Å²) in [6.07, 6.45) is 2.06. The molecule has 2 N–H and O–H groups in total. The van der Waals surface area contributed by atoms with Gasteiger partial charge in [0.2, 0.25) is 0 Å². The van der Waals surface area contributed by atoms with Gasteiger partial charge in [-0.2, -0.15) is 8.42 Å². The SMILES string of the molecule is CCc1c(O)c(C)c(C(C(C)(C)CC(C)C)C(C)(C)CC(C)(C)C)c(S(=O)(=O)O)c1OC. The van der Waals surface area contributed by atoms with Gasteiger partial charge in [-0.15, -0.1) is 0 Å². The second kappa shape index (κ2) is 9.54. The zero-order valence-electron chi connectivity index (χ0n) is 22.3. The number of phenolic OH excluding ortho intramolecular Hbond substituents is 1. The summed E-state index contributed by atoms with van der Waals surface area (Å²) in [5, 5.41) is 11.1. The molecule has 6 heteroatoms. The van der Waals surface area contributed by atoms with Gasteiger partial charge in [-0.1, -0.05) is 69.2 Å². The van der Waals surface area contributed by atoms with Gasteiger partial charge in [0.1, 0.15) is 16.4 Å². The Hall–Kier alpha value is -1.27. The van der Waals surface area contributed by atoms with Crippen LogP contribution in [0.25, 0.3) is 0 Å². The highest BCUT2D eigenvalue weighted by molar-refractivity contribution is 7.86. The molecule has 0 aliphatic rings. The van der Waals surface area contributed by atoms with E-state index in [9.17, 15) is 18.1 Å². The van der Waals surface area contributed by atoms with E-state index in [4.69, 9.17) is 4.74 Å². The van der Waals surface area contributed by atoms with Crippen LogP contribution in [0.4, 0.5) is 0 Å². The molecule has 0 aliphatic heterocycles. The van der Waals surface area contributed by atoms with Crippen molar-refractivity contribution in [2.75, 3.05) is 7.11 Å². The van der Waals surface area contributed by atoms with Crippen LogP contribution >= 0.6 is 0 Å². The Balaban J connectivity index is 4.26. The maximum atomic E-state index is 12.8. The Labute approximate surface area is 196 Å². The first-order chi connectivity index (χ1) is 14.2. The molecule has 0 spiro atoms. The molecule has 186 valence electrons. The van der Waals surface area contributed by atoms with Gasteiger partial charge >= 0.3 is 0 Å². The molecule has 1 aromatic carbocycles. The quantitative estimate of drug-likeness (QED) is 0.375. The first kappa shape index (κ1) is 28.8. The van der Waals surface area contributed by atoms with E-state index in [-0.39, 0.29) is 38.6 Å². The summed E-state index contributed by atoms with van der Waals surface area (Å²) in [7, 11) is -3.24. The number of hydrogen-bond donors (Lipinski definition) is 2. The van der Waals surface area contributed by atoms with E-state index in [1.54, 1.807) is 6.92 Å². The monoisotopic (exact) mass is 470 g/mol. The van der Waals surface area contributed by atoms with E-state index in [0.29, 0.717) is 29.0 Å². The molecule has 0 amide bonds. The summed E-state index contributed by atoms with van der Waals surface area (Å²) in [6, 6.07) is 0. The third-order valence-electron chi connectivity index (χ3n) is 6.36. The highest BCUT2D eigenvalue weighted by atomic mass is 32.2. The molecule has 0 aromatic heterocycles. The van der Waals surface area contributed by atoms with Crippen LogP contribution in [0.5, 0.6) is 11.5 Å². The number of phenols is 1. The van der Waals surface area contributed by atoms with E-state index in [2.05, 4.69) is 62.3 Å². The highest BCUT2D eigenvalue weighted by Crippen LogP contribution is 2.58. The molecule has 0 fully saturated rings. The predicted octanol–water partition coefficient (Wildman–Crippen LogP) is 7.14. The Kier molecular flexibility index (Phi) is 8.57. The fraction of sp³-hybridized carbons (Fsp3) is 0.769. The maximum Gasteiger partial charge on any atom is 0.298 e. The molecular weight excluding hydrogens is 424 g/mol. The predicted molar refractivity (Wildman–Crippen MR) is 132 cm³/mol. The molecular formula is C26H46O5S. The molecule has 1 unspecified atom stereocenters. The van der Waals surface area contributed by atoms with E-state index >= 15 is 0 Å². The van der Waals surface area contributed by atoms with Gasteiger partial charge < -0.3 is 9.84 Å². The minimum Gasteiger partial charge on any atom is -0.507 e. The molecule has 32 heavy (non-hydrogen) atoms. The van der Waals surface area contributed by atoms with Crippen molar-refractivity contribution in [3.05, 3.63) is 16.7 Å². The largest absolute Gasteiger partial charge is 0.507 e. The Bertz CT molecular complexity index is 919. The van der Waals surface area contributed by atoms with Crippen LogP contribution < -0.4 is 4.74 Å². The van der Waals surface area contributed by atoms with Crippen LogP contribution in [0.3, 0.4) is 0 Å². The van der Waals surface area contributed by atoms with E-state index in [0.717, 1.165) is 12.8 Å². The van der Waals surface area contributed by atoms with Gasteiger partial charge in [-0.25, -0.2) is 0 Å². The third-order valence-corrected chi connectivity index (χ3v) is 7.28. The van der Waals surface area contributed by atoms with Crippen molar-refractivity contribution in [2.24, 2.45) is 22.2 Å². The smallest absolute Gasteiger partial charge is 0.298 e. The molecule has 1 rings (SSSR count). The second-order valence-electron chi connectivity index (χ2n) is 12.3. The van der Waals surface area contributed by atoms with Crippen LogP contribution in [-0.2, 0) is 16.5 Å². The summed E-state index contributed by atoms with van der Waals surface area (Å²) in [6.45, 7) is 23.1. The van der Waals surface area contributed by atoms with Gasteiger partial charge in [0.25, 0.3) is 10.1 Å². The molecule has 5 nitrogen and oxygen atoms in total. The molecule has 0 radical (unpaired) electrons. The van der Waals surface area contributed by atoms with Crippen molar-refractivity contribution in [1.29, 1.82) is 0 Å². The Morgan fingerprint density at radius 2 is 1.50 bits per heavy atom. The number of aromatic hydroxyl groups is 1. The molecule has 1 atom stereocenters. The van der Waals surface area contributed by atoms with Crippen molar-refractivity contribution < 1.29 is 22.8 Å². The lowest BCUT2D eigenvalue weighted by molar-refractivity contribution is 0.0764. The van der Waals surface area contributed by atoms with Crippen molar-refractivity contribution in [3.63, 3.8) is 0 Å². The average molecular weight is 471 g/mol. The maximum absolute atomic E-state index is 12.8. The topological polar surface area (TPSA) is 83.8 Å². The summed E-state index contributed by atoms with van der Waals surface area (Å²) in [5.41, 5.74) is 0.704. The summed E-state index contributed by atoms with van der Waals surface area (Å²) >= 11 is 0. The molecule has 0 heterocycles. The first-order valence-corrected chi connectivity index (χ1v) is 13.0.